The van der Waals surface area contributed by atoms with Gasteiger partial charge in [0.25, 0.3) is 0 Å². The Kier molecular flexibility index (Phi) is 14.7. The molecule has 7 rings (SSSR count). The maximum Gasteiger partial charge on any atom is -1.00 e. The van der Waals surface area contributed by atoms with E-state index >= 15 is 0 Å². The second-order valence-electron chi connectivity index (χ2n) is 24.5. The summed E-state index contributed by atoms with van der Waals surface area (Å²) in [5, 5.41) is 0. The van der Waals surface area contributed by atoms with Gasteiger partial charge in [-0.1, -0.05) is 0 Å². The molecule has 3 aromatic carbocycles. The Hall–Kier alpha value is -2.16. The van der Waals surface area contributed by atoms with Crippen molar-refractivity contribution in [1.29, 1.82) is 0 Å². The largest absolute Gasteiger partial charge is 1.00 e. The molecule has 4 aliphatic carbocycles. The first-order valence-corrected chi connectivity index (χ1v) is 32.2. The molecule has 0 bridgehead atoms. The summed E-state index contributed by atoms with van der Waals surface area (Å²) in [6.07, 6.45) is 11.7. The summed E-state index contributed by atoms with van der Waals surface area (Å²) in [6, 6.07) is 17.8. The Labute approximate surface area is 404 Å². The van der Waals surface area contributed by atoms with E-state index < -0.39 is 25.8 Å². The second-order valence-corrected chi connectivity index (χ2v) is 41.8. The number of methoxy groups -OCH3 is 1. The first kappa shape index (κ1) is 51.8. The first-order chi connectivity index (χ1) is 28.0. The summed E-state index contributed by atoms with van der Waals surface area (Å²) in [4.78, 5) is 0. The predicted molar refractivity (Wildman–Crippen MR) is 265 cm³/mol. The summed E-state index contributed by atoms with van der Waals surface area (Å²) in [5.74, 6) is 1.39. The maximum atomic E-state index is 6.61. The standard InChI is InChI=1S/C29H39O.C27H33.C2H6Si.2ClH.Zr/c1-18-12-19-16-24(29(8,9)10)26(30-11)25(23(19)13-18)20-14-21(27(2,3)4)17-22(15-20)28(5,6)7;1-17-11-19-13-18-9-8-10-23(18)25(24(19)12-17)20-14-21(26(2,3)4)16-22(15-20)27(5,6)7;1-3-2;;;/h12-17H,1-11H3;12-16,25H,8-10H2,1-7H3;1-2H3;2*1H;/q;;;;;+2/p-2. The third kappa shape index (κ3) is 9.68. The molecule has 5 heteroatoms. The molecule has 0 radical (unpaired) electrons. The Morgan fingerprint density at radius 2 is 1.13 bits per heavy atom. The fourth-order valence-electron chi connectivity index (χ4n) is 10.6. The van der Waals surface area contributed by atoms with Crippen LogP contribution in [0.3, 0.4) is 0 Å². The van der Waals surface area contributed by atoms with Gasteiger partial charge in [-0.25, -0.2) is 0 Å². The predicted octanol–water partition coefficient (Wildman–Crippen LogP) is 10.6. The van der Waals surface area contributed by atoms with Gasteiger partial charge in [-0.2, -0.15) is 0 Å². The minimum absolute atomic E-state index is 0. The summed E-state index contributed by atoms with van der Waals surface area (Å²) < 4.78 is 8.92. The molecule has 338 valence electrons. The van der Waals surface area contributed by atoms with Crippen molar-refractivity contribution in [3.63, 3.8) is 0 Å². The molecule has 3 aromatic rings. The molecule has 0 heterocycles. The molecule has 63 heavy (non-hydrogen) atoms. The Balaban J connectivity index is 0.00000374. The summed E-state index contributed by atoms with van der Waals surface area (Å²) in [5.41, 5.74) is 23.3. The van der Waals surface area contributed by atoms with E-state index in [1.807, 2.05) is 10.4 Å². The van der Waals surface area contributed by atoms with Crippen molar-refractivity contribution in [2.45, 2.75) is 187 Å². The van der Waals surface area contributed by atoms with Gasteiger partial charge < -0.3 is 24.8 Å². The maximum absolute atomic E-state index is 6.61. The van der Waals surface area contributed by atoms with E-state index in [9.17, 15) is 0 Å². The third-order valence-corrected chi connectivity index (χ3v) is 32.7. The monoisotopic (exact) mass is 978 g/mol. The van der Waals surface area contributed by atoms with Gasteiger partial charge in [0.2, 0.25) is 0 Å². The van der Waals surface area contributed by atoms with Gasteiger partial charge >= 0.3 is 383 Å². The van der Waals surface area contributed by atoms with Gasteiger partial charge in [0, 0.05) is 0 Å². The number of hydrogen-bond donors (Lipinski definition) is 0. The Morgan fingerprint density at radius 3 is 1.59 bits per heavy atom. The van der Waals surface area contributed by atoms with Crippen molar-refractivity contribution in [1.82, 2.24) is 0 Å². The van der Waals surface area contributed by atoms with Crippen molar-refractivity contribution in [3.05, 3.63) is 136 Å². The van der Waals surface area contributed by atoms with Crippen LogP contribution in [-0.4, -0.2) is 12.5 Å². The third-order valence-electron chi connectivity index (χ3n) is 14.2. The molecule has 0 N–H and O–H groups in total. The molecule has 1 nitrogen and oxygen atoms in total. The van der Waals surface area contributed by atoms with E-state index in [0.29, 0.717) is 9.54 Å². The van der Waals surface area contributed by atoms with E-state index in [0.717, 1.165) is 5.75 Å². The normalized spacial score (nSPS) is 18.7. The number of rotatable bonds is 5. The fourth-order valence-corrected chi connectivity index (χ4v) is 29.7. The molecule has 0 aromatic heterocycles. The van der Waals surface area contributed by atoms with Crippen LogP contribution in [0.4, 0.5) is 0 Å². The molecular formula is C58H78Cl2OSiZr. The number of ether oxygens (including phenoxy) is 1. The molecule has 0 saturated carbocycles. The number of allylic oxidation sites excluding steroid dienone is 9. The van der Waals surface area contributed by atoms with Crippen LogP contribution in [0.2, 0.25) is 13.1 Å². The zero-order chi connectivity index (χ0) is 45.1. The van der Waals surface area contributed by atoms with Crippen LogP contribution in [0.15, 0.2) is 91.3 Å². The van der Waals surface area contributed by atoms with Gasteiger partial charge in [0.05, 0.1) is 0 Å². The topological polar surface area (TPSA) is 9.23 Å². The smallest absolute Gasteiger partial charge is 1.00 e. The molecule has 0 spiro atoms. The number of halogens is 2. The molecule has 0 amide bonds. The Bertz CT molecular complexity index is 2470. The fraction of sp³-hybridized carbons (Fsp3) is 0.517. The van der Waals surface area contributed by atoms with E-state index in [1.54, 1.807) is 39.0 Å². The number of benzene rings is 3. The van der Waals surface area contributed by atoms with Crippen molar-refractivity contribution < 1.29 is 49.9 Å². The Morgan fingerprint density at radius 1 is 0.619 bits per heavy atom. The molecule has 2 unspecified atom stereocenters. The second kappa shape index (κ2) is 17.8. The molecule has 4 aliphatic rings. The van der Waals surface area contributed by atoms with Crippen LogP contribution in [0.5, 0.6) is 5.75 Å². The zero-order valence-electron chi connectivity index (χ0n) is 42.7. The summed E-state index contributed by atoms with van der Waals surface area (Å²) in [7, 11) is 1.90. The average molecular weight is 981 g/mol. The number of hydrogen-bond acceptors (Lipinski definition) is 1. The SMILES string of the molecule is COc1c(C(C)(C)C)cc2c(c1-c1cc(C(C)(C)C)cc(C(C)(C)C)c1)C=C(C)[CH]2[Zr+2]([C]1=C(C)C=C2C1=CC1=C(CCC1)C2c1cc(C(C)(C)C)cc(C(C)(C)C)c1)=[Si](C)C.[Cl-].[Cl-]. The zero-order valence-corrected chi connectivity index (χ0v) is 47.7. The van der Waals surface area contributed by atoms with E-state index in [2.05, 4.69) is 191 Å². The van der Waals surface area contributed by atoms with Crippen LogP contribution < -0.4 is 29.6 Å². The van der Waals surface area contributed by atoms with Crippen molar-refractivity contribution in [3.8, 4) is 16.9 Å². The molecule has 0 saturated heterocycles. The van der Waals surface area contributed by atoms with Crippen LogP contribution in [0.1, 0.15) is 191 Å². The van der Waals surface area contributed by atoms with Crippen molar-refractivity contribution in [2.24, 2.45) is 0 Å². The van der Waals surface area contributed by atoms with Crippen molar-refractivity contribution in [2.75, 3.05) is 7.11 Å². The first-order valence-electron chi connectivity index (χ1n) is 23.3. The quantitative estimate of drug-likeness (QED) is 0.232. The van der Waals surface area contributed by atoms with Crippen molar-refractivity contribution >= 4 is 11.5 Å². The van der Waals surface area contributed by atoms with E-state index in [-0.39, 0.29) is 51.9 Å². The van der Waals surface area contributed by atoms with E-state index in [1.165, 1.54) is 69.3 Å². The molecule has 0 aliphatic heterocycles. The van der Waals surface area contributed by atoms with Crippen LogP contribution in [0.25, 0.3) is 17.2 Å². The van der Waals surface area contributed by atoms with Gasteiger partial charge in [0.15, 0.2) is 0 Å². The van der Waals surface area contributed by atoms with Gasteiger partial charge in [-0.3, -0.25) is 0 Å². The van der Waals surface area contributed by atoms with Gasteiger partial charge in [0.1, 0.15) is 0 Å². The van der Waals surface area contributed by atoms with Gasteiger partial charge in [-0.15, -0.1) is 0 Å². The van der Waals surface area contributed by atoms with Crippen LogP contribution in [-0.2, 0) is 47.4 Å². The van der Waals surface area contributed by atoms with Crippen LogP contribution in [0, 0.1) is 0 Å². The summed E-state index contributed by atoms with van der Waals surface area (Å²) >= 11 is -2.51. The average Bonchev–Trinajstić information content (AvgIpc) is 3.82. The van der Waals surface area contributed by atoms with Crippen LogP contribution >= 0.6 is 0 Å². The molecular weight excluding hydrogens is 903 g/mol. The number of fused-ring (bicyclic) bond motifs is 2. The summed E-state index contributed by atoms with van der Waals surface area (Å²) in [6.45, 7) is 45.9. The van der Waals surface area contributed by atoms with Gasteiger partial charge in [-0.05, 0) is 0 Å². The minimum Gasteiger partial charge on any atom is -1.00 e. The van der Waals surface area contributed by atoms with E-state index in [4.69, 9.17) is 4.74 Å². The molecule has 2 atom stereocenters. The molecule has 0 fully saturated rings. The minimum atomic E-state index is -2.51.